The van der Waals surface area contributed by atoms with Gasteiger partial charge in [0.05, 0.1) is 18.2 Å². The van der Waals surface area contributed by atoms with Gasteiger partial charge < -0.3 is 15.4 Å². The molecule has 27 heavy (non-hydrogen) atoms. The van der Waals surface area contributed by atoms with Crippen LogP contribution in [-0.4, -0.2) is 55.3 Å². The molecule has 3 rings (SSSR count). The van der Waals surface area contributed by atoms with E-state index in [4.69, 9.17) is 9.73 Å². The molecule has 1 aromatic rings. The first-order chi connectivity index (χ1) is 12.7. The highest BCUT2D eigenvalue weighted by Crippen LogP contribution is 2.34. The molecular formula is C21H35IN4O. The normalized spacial score (nSPS) is 25.3. The van der Waals surface area contributed by atoms with Crippen LogP contribution in [0, 0.1) is 0 Å². The monoisotopic (exact) mass is 486 g/mol. The van der Waals surface area contributed by atoms with Crippen LogP contribution in [0.1, 0.15) is 45.1 Å². The lowest BCUT2D eigenvalue weighted by Crippen LogP contribution is -2.47. The van der Waals surface area contributed by atoms with E-state index in [2.05, 4.69) is 66.8 Å². The van der Waals surface area contributed by atoms with Gasteiger partial charge in [0.1, 0.15) is 0 Å². The van der Waals surface area contributed by atoms with E-state index in [0.717, 1.165) is 38.4 Å². The summed E-state index contributed by atoms with van der Waals surface area (Å²) in [6.07, 6.45) is 5.41. The highest BCUT2D eigenvalue weighted by molar-refractivity contribution is 14.0. The summed E-state index contributed by atoms with van der Waals surface area (Å²) < 4.78 is 5.94. The van der Waals surface area contributed by atoms with Crippen LogP contribution in [0.25, 0.3) is 0 Å². The van der Waals surface area contributed by atoms with E-state index < -0.39 is 0 Å². The smallest absolute Gasteiger partial charge is 0.191 e. The van der Waals surface area contributed by atoms with Crippen molar-refractivity contribution in [3.8, 4) is 0 Å². The molecule has 0 amide bonds. The minimum Gasteiger partial charge on any atom is -0.373 e. The number of rotatable bonds is 8. The van der Waals surface area contributed by atoms with Crippen molar-refractivity contribution < 1.29 is 4.74 Å². The van der Waals surface area contributed by atoms with Gasteiger partial charge >= 0.3 is 0 Å². The van der Waals surface area contributed by atoms with Crippen LogP contribution < -0.4 is 10.6 Å². The molecule has 0 radical (unpaired) electrons. The largest absolute Gasteiger partial charge is 0.373 e. The Hall–Kier alpha value is -0.860. The molecule has 1 aromatic carbocycles. The highest BCUT2D eigenvalue weighted by atomic mass is 127. The lowest BCUT2D eigenvalue weighted by Gasteiger charge is -2.25. The first kappa shape index (κ1) is 22.4. The van der Waals surface area contributed by atoms with Crippen molar-refractivity contribution in [1.29, 1.82) is 0 Å². The van der Waals surface area contributed by atoms with Crippen molar-refractivity contribution in [3.63, 3.8) is 0 Å². The molecule has 6 heteroatoms. The van der Waals surface area contributed by atoms with Gasteiger partial charge in [-0.25, -0.2) is 0 Å². The molecule has 0 aliphatic carbocycles. The van der Waals surface area contributed by atoms with Crippen LogP contribution in [0.5, 0.6) is 0 Å². The standard InChI is InChI=1S/C21H34N4O.HI/c1-4-22-21(24-19-14-18-10-11-20(19)26-18)23-13-12-16(2)25(3)15-17-8-6-5-7-9-17;/h5-9,16,18-20H,4,10-15H2,1-3H3,(H2,22,23,24);1H. The number of nitrogens with zero attached hydrogens (tertiary/aromatic N) is 2. The lowest BCUT2D eigenvalue weighted by atomic mass is 9.96. The Morgan fingerprint density at radius 2 is 2.07 bits per heavy atom. The number of fused-ring (bicyclic) bond motifs is 2. The number of guanidine groups is 1. The van der Waals surface area contributed by atoms with E-state index >= 15 is 0 Å². The molecule has 2 N–H and O–H groups in total. The topological polar surface area (TPSA) is 48.9 Å². The van der Waals surface area contributed by atoms with Crippen LogP contribution >= 0.6 is 24.0 Å². The summed E-state index contributed by atoms with van der Waals surface area (Å²) in [6.45, 7) is 7.09. The van der Waals surface area contributed by atoms with E-state index in [1.54, 1.807) is 0 Å². The number of ether oxygens (including phenoxy) is 1. The Kier molecular flexibility index (Phi) is 9.32. The maximum absolute atomic E-state index is 5.94. The number of hydrogen-bond donors (Lipinski definition) is 2. The predicted octanol–water partition coefficient (Wildman–Crippen LogP) is 3.39. The van der Waals surface area contributed by atoms with Crippen LogP contribution in [0.15, 0.2) is 35.3 Å². The molecule has 2 aliphatic rings. The van der Waals surface area contributed by atoms with E-state index in [1.807, 2.05) is 0 Å². The third kappa shape index (κ3) is 6.61. The van der Waals surface area contributed by atoms with Crippen LogP contribution in [0.2, 0.25) is 0 Å². The third-order valence-corrected chi connectivity index (χ3v) is 5.62. The fourth-order valence-corrected chi connectivity index (χ4v) is 3.90. The van der Waals surface area contributed by atoms with Gasteiger partial charge in [0.15, 0.2) is 5.96 Å². The van der Waals surface area contributed by atoms with Crippen molar-refractivity contribution in [2.75, 3.05) is 20.1 Å². The molecule has 2 bridgehead atoms. The van der Waals surface area contributed by atoms with Crippen LogP contribution in [0.4, 0.5) is 0 Å². The number of hydrogen-bond acceptors (Lipinski definition) is 3. The average molecular weight is 486 g/mol. The van der Waals surface area contributed by atoms with Gasteiger partial charge in [0, 0.05) is 25.7 Å². The fourth-order valence-electron chi connectivity index (χ4n) is 3.90. The molecule has 4 unspecified atom stereocenters. The fraction of sp³-hybridized carbons (Fsp3) is 0.667. The highest BCUT2D eigenvalue weighted by Gasteiger charge is 2.41. The molecule has 0 saturated carbocycles. The summed E-state index contributed by atoms with van der Waals surface area (Å²) in [5.41, 5.74) is 1.36. The molecule has 4 atom stereocenters. The van der Waals surface area contributed by atoms with Crippen LogP contribution in [-0.2, 0) is 11.3 Å². The van der Waals surface area contributed by atoms with Gasteiger partial charge in [0.25, 0.3) is 0 Å². The molecule has 2 heterocycles. The summed E-state index contributed by atoms with van der Waals surface area (Å²) >= 11 is 0. The van der Waals surface area contributed by atoms with Gasteiger partial charge in [-0.15, -0.1) is 24.0 Å². The SMILES string of the molecule is CCNC(=NCCC(C)N(C)Cc1ccccc1)NC1CC2CCC1O2.I. The number of halogens is 1. The third-order valence-electron chi connectivity index (χ3n) is 5.62. The Balaban J connectivity index is 0.00000261. The average Bonchev–Trinajstić information content (AvgIpc) is 3.25. The zero-order valence-electron chi connectivity index (χ0n) is 16.9. The molecule has 5 nitrogen and oxygen atoms in total. The van der Waals surface area contributed by atoms with Crippen molar-refractivity contribution in [1.82, 2.24) is 15.5 Å². The first-order valence-electron chi connectivity index (χ1n) is 10.1. The van der Waals surface area contributed by atoms with E-state index in [1.165, 1.54) is 18.4 Å². The molecule has 2 fully saturated rings. The van der Waals surface area contributed by atoms with E-state index in [9.17, 15) is 0 Å². The quantitative estimate of drug-likeness (QED) is 0.336. The maximum atomic E-state index is 5.94. The zero-order chi connectivity index (χ0) is 18.4. The molecule has 152 valence electrons. The minimum absolute atomic E-state index is 0. The summed E-state index contributed by atoms with van der Waals surface area (Å²) in [5, 5.41) is 6.97. The van der Waals surface area contributed by atoms with Gasteiger partial charge in [-0.3, -0.25) is 9.89 Å². The summed E-state index contributed by atoms with van der Waals surface area (Å²) in [7, 11) is 2.19. The molecule has 0 spiro atoms. The van der Waals surface area contributed by atoms with Gasteiger partial charge in [-0.1, -0.05) is 30.3 Å². The number of nitrogens with one attached hydrogen (secondary N) is 2. The summed E-state index contributed by atoms with van der Waals surface area (Å²) in [5.74, 6) is 0.937. The van der Waals surface area contributed by atoms with Crippen LogP contribution in [0.3, 0.4) is 0 Å². The summed E-state index contributed by atoms with van der Waals surface area (Å²) in [4.78, 5) is 7.20. The van der Waals surface area contributed by atoms with Crippen molar-refractivity contribution in [2.24, 2.45) is 4.99 Å². The molecular weight excluding hydrogens is 451 g/mol. The summed E-state index contributed by atoms with van der Waals surface area (Å²) in [6, 6.07) is 11.6. The zero-order valence-corrected chi connectivity index (χ0v) is 19.2. The second-order valence-electron chi connectivity index (χ2n) is 7.66. The van der Waals surface area contributed by atoms with Gasteiger partial charge in [-0.2, -0.15) is 0 Å². The molecule has 2 aliphatic heterocycles. The van der Waals surface area contributed by atoms with E-state index in [-0.39, 0.29) is 24.0 Å². The Labute approximate surface area is 181 Å². The lowest BCUT2D eigenvalue weighted by molar-refractivity contribution is 0.0992. The van der Waals surface area contributed by atoms with Gasteiger partial charge in [0.2, 0.25) is 0 Å². The maximum Gasteiger partial charge on any atom is 0.191 e. The minimum atomic E-state index is 0. The molecule has 0 aromatic heterocycles. The Morgan fingerprint density at radius 1 is 1.30 bits per heavy atom. The van der Waals surface area contributed by atoms with Crippen molar-refractivity contribution in [2.45, 2.75) is 70.4 Å². The van der Waals surface area contributed by atoms with Gasteiger partial charge in [-0.05, 0) is 52.1 Å². The Bertz CT molecular complexity index is 583. The number of aliphatic imine (C=N–C) groups is 1. The van der Waals surface area contributed by atoms with E-state index in [0.29, 0.717) is 24.3 Å². The second-order valence-corrected chi connectivity index (χ2v) is 7.66. The Morgan fingerprint density at radius 3 is 2.70 bits per heavy atom. The van der Waals surface area contributed by atoms with Crippen molar-refractivity contribution in [3.05, 3.63) is 35.9 Å². The second kappa shape index (κ2) is 11.2. The molecule has 2 saturated heterocycles. The first-order valence-corrected chi connectivity index (χ1v) is 10.1. The number of benzene rings is 1. The van der Waals surface area contributed by atoms with Crippen molar-refractivity contribution >= 4 is 29.9 Å². The predicted molar refractivity (Wildman–Crippen MR) is 123 cm³/mol.